The van der Waals surface area contributed by atoms with Crippen LogP contribution in [-0.4, -0.2) is 61.0 Å². The van der Waals surface area contributed by atoms with Gasteiger partial charge in [-0.25, -0.2) is 14.4 Å². The van der Waals surface area contributed by atoms with Crippen LogP contribution in [0.2, 0.25) is 0 Å². The SMILES string of the molecule is Cc1nc(N2CCN(Cc3nnc(-c4ccc(F)cc4)o3)CC2)c2cnn(C)c2n1. The number of nitrogens with zero attached hydrogens (tertiary/aromatic N) is 8. The second-order valence-corrected chi connectivity index (χ2v) is 7.37. The van der Waals surface area contributed by atoms with Gasteiger partial charge in [-0.05, 0) is 31.2 Å². The molecule has 1 aliphatic rings. The van der Waals surface area contributed by atoms with Crippen molar-refractivity contribution in [2.24, 2.45) is 7.05 Å². The summed E-state index contributed by atoms with van der Waals surface area (Å²) in [6, 6.07) is 6.03. The van der Waals surface area contributed by atoms with Gasteiger partial charge in [-0.2, -0.15) is 5.10 Å². The largest absolute Gasteiger partial charge is 0.419 e. The van der Waals surface area contributed by atoms with E-state index in [2.05, 4.69) is 35.1 Å². The van der Waals surface area contributed by atoms with Crippen LogP contribution >= 0.6 is 0 Å². The summed E-state index contributed by atoms with van der Waals surface area (Å²) in [4.78, 5) is 13.7. The number of benzene rings is 1. The van der Waals surface area contributed by atoms with Gasteiger partial charge in [-0.1, -0.05) is 0 Å². The molecule has 0 amide bonds. The maximum atomic E-state index is 13.1. The van der Waals surface area contributed by atoms with E-state index in [1.807, 2.05) is 20.2 Å². The number of fused-ring (bicyclic) bond motifs is 1. The van der Waals surface area contributed by atoms with Gasteiger partial charge >= 0.3 is 0 Å². The molecule has 154 valence electrons. The summed E-state index contributed by atoms with van der Waals surface area (Å²) in [5.41, 5.74) is 1.55. The second-order valence-electron chi connectivity index (χ2n) is 7.37. The standard InChI is InChI=1S/C20H21FN8O/c1-13-23-18-16(11-22-27(18)2)19(24-13)29-9-7-28(8-10-29)12-17-25-26-20(30-17)14-3-5-15(21)6-4-14/h3-6,11H,7-10,12H2,1-2H3. The molecule has 1 saturated heterocycles. The van der Waals surface area contributed by atoms with Gasteiger partial charge in [0.05, 0.1) is 18.1 Å². The molecular formula is C20H21FN8O. The molecule has 0 bridgehead atoms. The van der Waals surface area contributed by atoms with E-state index < -0.39 is 0 Å². The average Bonchev–Trinajstić information content (AvgIpc) is 3.36. The van der Waals surface area contributed by atoms with Crippen LogP contribution in [0.25, 0.3) is 22.5 Å². The van der Waals surface area contributed by atoms with Crippen molar-refractivity contribution >= 4 is 16.9 Å². The van der Waals surface area contributed by atoms with E-state index in [-0.39, 0.29) is 5.82 Å². The van der Waals surface area contributed by atoms with Gasteiger partial charge in [-0.15, -0.1) is 10.2 Å². The number of aryl methyl sites for hydroxylation is 2. The first-order valence-corrected chi connectivity index (χ1v) is 9.79. The van der Waals surface area contributed by atoms with Crippen LogP contribution in [0.4, 0.5) is 10.2 Å². The molecule has 1 aliphatic heterocycles. The van der Waals surface area contributed by atoms with Crippen molar-refractivity contribution in [3.8, 4) is 11.5 Å². The van der Waals surface area contributed by atoms with Crippen molar-refractivity contribution in [1.82, 2.24) is 34.8 Å². The fourth-order valence-corrected chi connectivity index (χ4v) is 3.69. The van der Waals surface area contributed by atoms with Gasteiger partial charge < -0.3 is 9.32 Å². The summed E-state index contributed by atoms with van der Waals surface area (Å²) in [6.07, 6.45) is 1.83. The minimum Gasteiger partial charge on any atom is -0.419 e. The summed E-state index contributed by atoms with van der Waals surface area (Å²) in [5, 5.41) is 13.5. The highest BCUT2D eigenvalue weighted by atomic mass is 19.1. The normalized spacial score (nSPS) is 15.2. The number of hydrogen-bond acceptors (Lipinski definition) is 8. The predicted molar refractivity (Wildman–Crippen MR) is 108 cm³/mol. The Morgan fingerprint density at radius 3 is 2.57 bits per heavy atom. The van der Waals surface area contributed by atoms with Crippen molar-refractivity contribution in [1.29, 1.82) is 0 Å². The van der Waals surface area contributed by atoms with E-state index in [1.54, 1.807) is 16.8 Å². The lowest BCUT2D eigenvalue weighted by atomic mass is 10.2. The van der Waals surface area contributed by atoms with E-state index >= 15 is 0 Å². The number of rotatable bonds is 4. The Morgan fingerprint density at radius 1 is 1.03 bits per heavy atom. The lowest BCUT2D eigenvalue weighted by Gasteiger charge is -2.34. The molecule has 30 heavy (non-hydrogen) atoms. The number of aromatic nitrogens is 6. The van der Waals surface area contributed by atoms with E-state index in [0.717, 1.165) is 48.9 Å². The highest BCUT2D eigenvalue weighted by Crippen LogP contribution is 2.25. The zero-order chi connectivity index (χ0) is 20.7. The quantitative estimate of drug-likeness (QED) is 0.508. The molecule has 0 aliphatic carbocycles. The van der Waals surface area contributed by atoms with Crippen LogP contribution < -0.4 is 4.90 Å². The molecule has 10 heteroatoms. The minimum absolute atomic E-state index is 0.293. The summed E-state index contributed by atoms with van der Waals surface area (Å²) >= 11 is 0. The molecule has 3 aromatic heterocycles. The number of anilines is 1. The van der Waals surface area contributed by atoms with Crippen LogP contribution in [0, 0.1) is 12.7 Å². The molecule has 5 rings (SSSR count). The first-order valence-electron chi connectivity index (χ1n) is 9.79. The Bertz CT molecular complexity index is 1180. The fraction of sp³-hybridized carbons (Fsp3) is 0.350. The third-order valence-electron chi connectivity index (χ3n) is 5.27. The van der Waals surface area contributed by atoms with Crippen molar-refractivity contribution in [2.75, 3.05) is 31.1 Å². The summed E-state index contributed by atoms with van der Waals surface area (Å²) in [7, 11) is 1.89. The van der Waals surface area contributed by atoms with Crippen LogP contribution in [0.15, 0.2) is 34.9 Å². The highest BCUT2D eigenvalue weighted by Gasteiger charge is 2.23. The van der Waals surface area contributed by atoms with Gasteiger partial charge in [0.25, 0.3) is 0 Å². The van der Waals surface area contributed by atoms with E-state index in [0.29, 0.717) is 23.9 Å². The minimum atomic E-state index is -0.293. The molecule has 0 saturated carbocycles. The van der Waals surface area contributed by atoms with E-state index in [9.17, 15) is 4.39 Å². The Labute approximate surface area is 172 Å². The maximum Gasteiger partial charge on any atom is 0.247 e. The zero-order valence-corrected chi connectivity index (χ0v) is 16.8. The van der Waals surface area contributed by atoms with Crippen LogP contribution in [-0.2, 0) is 13.6 Å². The van der Waals surface area contributed by atoms with Gasteiger partial charge in [0.2, 0.25) is 11.8 Å². The van der Waals surface area contributed by atoms with E-state index in [1.165, 1.54) is 12.1 Å². The molecule has 0 atom stereocenters. The molecule has 1 aromatic carbocycles. The molecular weight excluding hydrogens is 387 g/mol. The second kappa shape index (κ2) is 7.45. The van der Waals surface area contributed by atoms with Crippen molar-refractivity contribution < 1.29 is 8.81 Å². The van der Waals surface area contributed by atoms with Crippen LogP contribution in [0.5, 0.6) is 0 Å². The summed E-state index contributed by atoms with van der Waals surface area (Å²) in [6.45, 7) is 5.84. The zero-order valence-electron chi connectivity index (χ0n) is 16.8. The Morgan fingerprint density at radius 2 is 1.80 bits per heavy atom. The average molecular weight is 408 g/mol. The van der Waals surface area contributed by atoms with Gasteiger partial charge in [0.1, 0.15) is 17.5 Å². The lowest BCUT2D eigenvalue weighted by Crippen LogP contribution is -2.46. The molecule has 4 aromatic rings. The monoisotopic (exact) mass is 408 g/mol. The van der Waals surface area contributed by atoms with Crippen molar-refractivity contribution in [2.45, 2.75) is 13.5 Å². The van der Waals surface area contributed by atoms with Crippen LogP contribution in [0.1, 0.15) is 11.7 Å². The Kier molecular flexibility index (Phi) is 4.62. The third kappa shape index (κ3) is 3.50. The van der Waals surface area contributed by atoms with E-state index in [4.69, 9.17) is 4.42 Å². The van der Waals surface area contributed by atoms with Gasteiger partial charge in [0, 0.05) is 38.8 Å². The topological polar surface area (TPSA) is 89.0 Å². The molecule has 9 nitrogen and oxygen atoms in total. The highest BCUT2D eigenvalue weighted by molar-refractivity contribution is 5.87. The molecule has 0 N–H and O–H groups in total. The van der Waals surface area contributed by atoms with Gasteiger partial charge in [-0.3, -0.25) is 9.58 Å². The fourth-order valence-electron chi connectivity index (χ4n) is 3.69. The number of hydrogen-bond donors (Lipinski definition) is 0. The van der Waals surface area contributed by atoms with Gasteiger partial charge in [0.15, 0.2) is 5.65 Å². The number of piperazine rings is 1. The first-order chi connectivity index (χ1) is 14.6. The van der Waals surface area contributed by atoms with Crippen molar-refractivity contribution in [3.63, 3.8) is 0 Å². The molecule has 0 spiro atoms. The lowest BCUT2D eigenvalue weighted by molar-refractivity contribution is 0.226. The summed E-state index contributed by atoms with van der Waals surface area (Å²) < 4.78 is 20.6. The third-order valence-corrected chi connectivity index (χ3v) is 5.27. The summed E-state index contributed by atoms with van der Waals surface area (Å²) in [5.74, 6) is 2.33. The number of halogens is 1. The predicted octanol–water partition coefficient (Wildman–Crippen LogP) is 2.18. The Balaban J connectivity index is 1.25. The molecule has 0 unspecified atom stereocenters. The van der Waals surface area contributed by atoms with Crippen LogP contribution in [0.3, 0.4) is 0 Å². The van der Waals surface area contributed by atoms with Crippen molar-refractivity contribution in [3.05, 3.63) is 48.0 Å². The molecule has 4 heterocycles. The first kappa shape index (κ1) is 18.6. The molecule has 0 radical (unpaired) electrons. The maximum absolute atomic E-state index is 13.1. The Hall–Kier alpha value is -3.40. The smallest absolute Gasteiger partial charge is 0.247 e. The molecule has 1 fully saturated rings.